The summed E-state index contributed by atoms with van der Waals surface area (Å²) in [6, 6.07) is 12.7. The average molecular weight is 484 g/mol. The van der Waals surface area contributed by atoms with Crippen LogP contribution in [-0.2, 0) is 0 Å². The maximum atomic E-state index is 13.4. The molecular formula is C25H27Cl2N5O. The van der Waals surface area contributed by atoms with Crippen LogP contribution < -0.4 is 11.1 Å². The van der Waals surface area contributed by atoms with E-state index >= 15 is 0 Å². The Balaban J connectivity index is 1.81. The molecule has 2 heterocycles. The molecule has 1 unspecified atom stereocenters. The quantitative estimate of drug-likeness (QED) is 0.318. The maximum Gasteiger partial charge on any atom is 0.257 e. The number of halogens is 2. The number of rotatable bonds is 7. The number of carbonyl (C=O) groups excluding carboxylic acids is 1. The standard InChI is InChI=1S/C25H27Cl2N5O/c1-14(2)7-6-8-15(3)29-25(33)21-22-24(31-20-10-5-4-9-19(20)30-22)32(23(21)28)16-11-12-17(26)18(27)13-16/h4-5,9-15H,6-8,28H2,1-3H3,(H,29,33). The lowest BCUT2D eigenvalue weighted by molar-refractivity contribution is 0.0940. The van der Waals surface area contributed by atoms with Gasteiger partial charge in [-0.2, -0.15) is 0 Å². The van der Waals surface area contributed by atoms with Crippen LogP contribution in [0.25, 0.3) is 27.9 Å². The minimum atomic E-state index is -0.266. The topological polar surface area (TPSA) is 85.8 Å². The minimum Gasteiger partial charge on any atom is -0.384 e. The van der Waals surface area contributed by atoms with Gasteiger partial charge in [-0.05, 0) is 49.6 Å². The first-order valence-electron chi connectivity index (χ1n) is 11.1. The number of nitrogens with one attached hydrogen (secondary N) is 1. The summed E-state index contributed by atoms with van der Waals surface area (Å²) >= 11 is 12.4. The molecule has 1 atom stereocenters. The molecule has 0 radical (unpaired) electrons. The third-order valence-corrected chi connectivity index (χ3v) is 6.42. The van der Waals surface area contributed by atoms with Crippen LogP contribution in [0.1, 0.15) is 50.4 Å². The third kappa shape index (κ3) is 4.77. The Bertz CT molecular complexity index is 1330. The van der Waals surface area contributed by atoms with Crippen LogP contribution in [0.15, 0.2) is 42.5 Å². The zero-order valence-electron chi connectivity index (χ0n) is 18.9. The van der Waals surface area contributed by atoms with Crippen molar-refractivity contribution in [1.82, 2.24) is 19.9 Å². The average Bonchev–Trinajstić information content (AvgIpc) is 3.04. The Morgan fingerprint density at radius 1 is 1.03 bits per heavy atom. The number of benzene rings is 2. The molecule has 0 spiro atoms. The number of hydrogen-bond acceptors (Lipinski definition) is 4. The molecule has 0 aliphatic carbocycles. The number of carbonyl (C=O) groups is 1. The number of nitrogens with zero attached hydrogens (tertiary/aromatic N) is 3. The number of fused-ring (bicyclic) bond motifs is 2. The van der Waals surface area contributed by atoms with Crippen molar-refractivity contribution < 1.29 is 4.79 Å². The normalized spacial score (nSPS) is 12.5. The van der Waals surface area contributed by atoms with E-state index < -0.39 is 0 Å². The summed E-state index contributed by atoms with van der Waals surface area (Å²) in [5, 5.41) is 3.90. The second-order valence-electron chi connectivity index (χ2n) is 8.78. The number of nitrogens with two attached hydrogens (primary N) is 1. The van der Waals surface area contributed by atoms with Crippen LogP contribution >= 0.6 is 23.2 Å². The molecule has 0 bridgehead atoms. The summed E-state index contributed by atoms with van der Waals surface area (Å²) in [6.07, 6.45) is 3.06. The zero-order chi connectivity index (χ0) is 23.7. The summed E-state index contributed by atoms with van der Waals surface area (Å²) in [4.78, 5) is 22.9. The Kier molecular flexibility index (Phi) is 6.77. The van der Waals surface area contributed by atoms with Gasteiger partial charge in [-0.25, -0.2) is 9.97 Å². The Labute approximate surface area is 203 Å². The van der Waals surface area contributed by atoms with Crippen LogP contribution in [0.4, 0.5) is 5.82 Å². The molecule has 0 aliphatic heterocycles. The van der Waals surface area contributed by atoms with Crippen LogP contribution in [-0.4, -0.2) is 26.5 Å². The second-order valence-corrected chi connectivity index (χ2v) is 9.59. The molecule has 8 heteroatoms. The number of amides is 1. The van der Waals surface area contributed by atoms with Gasteiger partial charge in [0.2, 0.25) is 0 Å². The van der Waals surface area contributed by atoms with Crippen molar-refractivity contribution in [2.24, 2.45) is 5.92 Å². The number of anilines is 1. The number of nitrogen functional groups attached to an aromatic ring is 1. The smallest absolute Gasteiger partial charge is 0.257 e. The predicted molar refractivity (Wildman–Crippen MR) is 136 cm³/mol. The molecule has 2 aromatic heterocycles. The van der Waals surface area contributed by atoms with E-state index in [2.05, 4.69) is 19.2 Å². The molecule has 2 aromatic carbocycles. The van der Waals surface area contributed by atoms with Gasteiger partial charge < -0.3 is 11.1 Å². The van der Waals surface area contributed by atoms with Crippen LogP contribution in [0.3, 0.4) is 0 Å². The summed E-state index contributed by atoms with van der Waals surface area (Å²) in [5.41, 5.74) is 9.86. The lowest BCUT2D eigenvalue weighted by atomic mass is 10.0. The van der Waals surface area contributed by atoms with E-state index in [1.807, 2.05) is 31.2 Å². The Hall–Kier alpha value is -2.83. The van der Waals surface area contributed by atoms with Crippen molar-refractivity contribution in [2.75, 3.05) is 5.73 Å². The van der Waals surface area contributed by atoms with Crippen LogP contribution in [0.2, 0.25) is 10.0 Å². The summed E-state index contributed by atoms with van der Waals surface area (Å²) in [6.45, 7) is 6.41. The summed E-state index contributed by atoms with van der Waals surface area (Å²) in [7, 11) is 0. The zero-order valence-corrected chi connectivity index (χ0v) is 20.4. The third-order valence-electron chi connectivity index (χ3n) is 5.68. The van der Waals surface area contributed by atoms with E-state index in [9.17, 15) is 4.79 Å². The maximum absolute atomic E-state index is 13.4. The minimum absolute atomic E-state index is 0.00689. The lowest BCUT2D eigenvalue weighted by Gasteiger charge is -2.15. The Morgan fingerprint density at radius 2 is 1.73 bits per heavy atom. The molecule has 0 saturated carbocycles. The van der Waals surface area contributed by atoms with Gasteiger partial charge in [-0.15, -0.1) is 0 Å². The Morgan fingerprint density at radius 3 is 2.39 bits per heavy atom. The molecule has 3 N–H and O–H groups in total. The first-order chi connectivity index (χ1) is 15.8. The highest BCUT2D eigenvalue weighted by Crippen LogP contribution is 2.33. The largest absolute Gasteiger partial charge is 0.384 e. The highest BCUT2D eigenvalue weighted by molar-refractivity contribution is 6.42. The number of hydrogen-bond donors (Lipinski definition) is 2. The van der Waals surface area contributed by atoms with Gasteiger partial charge in [-0.1, -0.05) is 62.0 Å². The molecule has 33 heavy (non-hydrogen) atoms. The molecule has 4 rings (SSSR count). The second kappa shape index (κ2) is 9.57. The summed E-state index contributed by atoms with van der Waals surface area (Å²) < 4.78 is 1.70. The van der Waals surface area contributed by atoms with E-state index in [0.717, 1.165) is 19.3 Å². The van der Waals surface area contributed by atoms with Gasteiger partial charge in [0.05, 0.1) is 26.8 Å². The summed E-state index contributed by atoms with van der Waals surface area (Å²) in [5.74, 6) is 0.625. The van der Waals surface area contributed by atoms with Crippen LogP contribution in [0.5, 0.6) is 0 Å². The van der Waals surface area contributed by atoms with Crippen molar-refractivity contribution in [1.29, 1.82) is 0 Å². The fourth-order valence-corrected chi connectivity index (χ4v) is 4.26. The van der Waals surface area contributed by atoms with Gasteiger partial charge in [0.15, 0.2) is 5.65 Å². The van der Waals surface area contributed by atoms with Crippen molar-refractivity contribution >= 4 is 57.1 Å². The van der Waals surface area contributed by atoms with E-state index in [1.165, 1.54) is 0 Å². The van der Waals surface area contributed by atoms with E-state index in [1.54, 1.807) is 22.8 Å². The highest BCUT2D eigenvalue weighted by Gasteiger charge is 2.26. The predicted octanol–water partition coefficient (Wildman–Crippen LogP) is 6.41. The lowest BCUT2D eigenvalue weighted by Crippen LogP contribution is -2.33. The number of aromatic nitrogens is 3. The molecule has 0 saturated heterocycles. The van der Waals surface area contributed by atoms with Gasteiger partial charge in [0.25, 0.3) is 5.91 Å². The molecule has 6 nitrogen and oxygen atoms in total. The highest BCUT2D eigenvalue weighted by atomic mass is 35.5. The first-order valence-corrected chi connectivity index (χ1v) is 11.8. The van der Waals surface area contributed by atoms with Crippen LogP contribution in [0, 0.1) is 5.92 Å². The molecule has 0 aliphatic rings. The SMILES string of the molecule is CC(C)CCCC(C)NC(=O)c1c(N)n(-c2ccc(Cl)c(Cl)c2)c2nc3ccccc3nc12. The van der Waals surface area contributed by atoms with E-state index in [-0.39, 0.29) is 17.8 Å². The fraction of sp³-hybridized carbons (Fsp3) is 0.320. The van der Waals surface area contributed by atoms with Gasteiger partial charge in [0.1, 0.15) is 16.9 Å². The first kappa shape index (κ1) is 23.3. The molecule has 4 aromatic rings. The van der Waals surface area contributed by atoms with Crippen molar-refractivity contribution in [3.8, 4) is 5.69 Å². The van der Waals surface area contributed by atoms with E-state index in [0.29, 0.717) is 49.4 Å². The molecule has 1 amide bonds. The van der Waals surface area contributed by atoms with Gasteiger partial charge >= 0.3 is 0 Å². The molecule has 0 fully saturated rings. The van der Waals surface area contributed by atoms with E-state index in [4.69, 9.17) is 38.9 Å². The monoisotopic (exact) mass is 483 g/mol. The van der Waals surface area contributed by atoms with Crippen molar-refractivity contribution in [3.63, 3.8) is 0 Å². The van der Waals surface area contributed by atoms with Gasteiger partial charge in [0, 0.05) is 6.04 Å². The molecular weight excluding hydrogens is 457 g/mol. The fourth-order valence-electron chi connectivity index (χ4n) is 3.97. The van der Waals surface area contributed by atoms with Crippen molar-refractivity contribution in [2.45, 2.75) is 46.1 Å². The van der Waals surface area contributed by atoms with Crippen molar-refractivity contribution in [3.05, 3.63) is 58.1 Å². The van der Waals surface area contributed by atoms with Gasteiger partial charge in [-0.3, -0.25) is 9.36 Å². The molecule has 172 valence electrons. The number of para-hydroxylation sites is 2.